The molecule has 0 saturated carbocycles. The van der Waals surface area contributed by atoms with Crippen LogP contribution in [0.1, 0.15) is 44.0 Å². The lowest BCUT2D eigenvalue weighted by Gasteiger charge is -2.24. The number of rotatable bonds is 6. The average Bonchev–Trinajstić information content (AvgIpc) is 3.08. The van der Waals surface area contributed by atoms with Crippen molar-refractivity contribution in [3.8, 4) is 0 Å². The Bertz CT molecular complexity index is 665. The van der Waals surface area contributed by atoms with E-state index in [2.05, 4.69) is 28.6 Å². The number of carboxylic acids is 1. The molecule has 1 N–H and O–H groups in total. The number of carbonyl (C=O) groups is 1. The highest BCUT2D eigenvalue weighted by molar-refractivity contribution is 5.75. The van der Waals surface area contributed by atoms with Crippen molar-refractivity contribution in [2.75, 3.05) is 13.1 Å². The number of para-hydroxylation sites is 2. The minimum absolute atomic E-state index is 0.269. The van der Waals surface area contributed by atoms with Gasteiger partial charge in [-0.1, -0.05) is 12.1 Å². The van der Waals surface area contributed by atoms with Crippen LogP contribution in [0.2, 0.25) is 0 Å². The van der Waals surface area contributed by atoms with Gasteiger partial charge < -0.3 is 9.67 Å². The molecule has 2 heterocycles. The molecule has 0 aliphatic carbocycles. The van der Waals surface area contributed by atoms with Crippen molar-refractivity contribution in [3.05, 3.63) is 30.1 Å². The van der Waals surface area contributed by atoms with Gasteiger partial charge in [0.05, 0.1) is 17.1 Å². The zero-order valence-electron chi connectivity index (χ0n) is 13.0. The predicted octanol–water partition coefficient (Wildman–Crippen LogP) is 2.97. The summed E-state index contributed by atoms with van der Waals surface area (Å²) in [6.07, 6.45) is 4.28. The maximum Gasteiger partial charge on any atom is 0.303 e. The van der Waals surface area contributed by atoms with Crippen molar-refractivity contribution in [2.24, 2.45) is 7.05 Å². The first kappa shape index (κ1) is 15.0. The number of aryl methyl sites for hydroxylation is 1. The average molecular weight is 301 g/mol. The monoisotopic (exact) mass is 301 g/mol. The molecule has 0 amide bonds. The minimum atomic E-state index is -0.701. The van der Waals surface area contributed by atoms with Gasteiger partial charge in [0.1, 0.15) is 5.82 Å². The Labute approximate surface area is 130 Å². The summed E-state index contributed by atoms with van der Waals surface area (Å²) in [5, 5.41) is 8.73. The van der Waals surface area contributed by atoms with E-state index in [0.717, 1.165) is 43.7 Å². The molecule has 2 aromatic rings. The normalized spacial score (nSPS) is 19.0. The van der Waals surface area contributed by atoms with Crippen LogP contribution in [0, 0.1) is 0 Å². The van der Waals surface area contributed by atoms with E-state index >= 15 is 0 Å². The Hall–Kier alpha value is -1.88. The molecule has 0 radical (unpaired) electrons. The summed E-state index contributed by atoms with van der Waals surface area (Å²) in [4.78, 5) is 17.9. The summed E-state index contributed by atoms with van der Waals surface area (Å²) in [7, 11) is 2.09. The van der Waals surface area contributed by atoms with Crippen LogP contribution in [-0.2, 0) is 11.8 Å². The van der Waals surface area contributed by atoms with Gasteiger partial charge in [0.15, 0.2) is 0 Å². The summed E-state index contributed by atoms with van der Waals surface area (Å²) in [5.74, 6) is 0.435. The van der Waals surface area contributed by atoms with Gasteiger partial charge in [0.2, 0.25) is 0 Å². The van der Waals surface area contributed by atoms with E-state index in [4.69, 9.17) is 10.1 Å². The topological polar surface area (TPSA) is 58.4 Å². The lowest BCUT2D eigenvalue weighted by molar-refractivity contribution is -0.137. The molecule has 1 unspecified atom stereocenters. The van der Waals surface area contributed by atoms with Crippen molar-refractivity contribution in [2.45, 2.75) is 38.1 Å². The second-order valence-electron chi connectivity index (χ2n) is 6.06. The molecule has 3 rings (SSSR count). The number of unbranched alkanes of at least 4 members (excludes halogenated alkanes) is 1. The van der Waals surface area contributed by atoms with Crippen LogP contribution in [0.3, 0.4) is 0 Å². The van der Waals surface area contributed by atoms with Gasteiger partial charge in [-0.15, -0.1) is 0 Å². The summed E-state index contributed by atoms with van der Waals surface area (Å²) in [6.45, 7) is 2.04. The standard InChI is InChI=1S/C17H23N3O2/c1-19-14-8-3-2-7-13(14)18-17(19)15-9-6-12-20(15)11-5-4-10-16(21)22/h2-3,7-8,15H,4-6,9-12H2,1H3,(H,21,22). The maximum atomic E-state index is 10.6. The molecular formula is C17H23N3O2. The second kappa shape index (κ2) is 6.48. The Morgan fingerprint density at radius 2 is 2.18 bits per heavy atom. The van der Waals surface area contributed by atoms with E-state index in [1.165, 1.54) is 11.9 Å². The van der Waals surface area contributed by atoms with Crippen molar-refractivity contribution in [3.63, 3.8) is 0 Å². The molecule has 1 fully saturated rings. The smallest absolute Gasteiger partial charge is 0.303 e. The Morgan fingerprint density at radius 3 is 2.95 bits per heavy atom. The Morgan fingerprint density at radius 1 is 1.36 bits per heavy atom. The molecule has 1 aromatic heterocycles. The van der Waals surface area contributed by atoms with Gasteiger partial charge in [-0.3, -0.25) is 9.69 Å². The number of carboxylic acid groups (broad SMARTS) is 1. The number of nitrogens with zero attached hydrogens (tertiary/aromatic N) is 3. The quantitative estimate of drug-likeness (QED) is 0.833. The molecule has 1 saturated heterocycles. The van der Waals surface area contributed by atoms with Crippen LogP contribution >= 0.6 is 0 Å². The lowest BCUT2D eigenvalue weighted by atomic mass is 10.2. The summed E-state index contributed by atoms with van der Waals surface area (Å²) < 4.78 is 2.20. The van der Waals surface area contributed by atoms with Crippen LogP contribution in [0.15, 0.2) is 24.3 Å². The first-order valence-electron chi connectivity index (χ1n) is 8.04. The fraction of sp³-hybridized carbons (Fsp3) is 0.529. The van der Waals surface area contributed by atoms with Crippen molar-refractivity contribution in [1.82, 2.24) is 14.5 Å². The van der Waals surface area contributed by atoms with Gasteiger partial charge in [0.25, 0.3) is 0 Å². The molecule has 22 heavy (non-hydrogen) atoms. The number of likely N-dealkylation sites (tertiary alicyclic amines) is 1. The highest BCUT2D eigenvalue weighted by atomic mass is 16.4. The number of hydrogen-bond donors (Lipinski definition) is 1. The van der Waals surface area contributed by atoms with Crippen molar-refractivity contribution < 1.29 is 9.90 Å². The maximum absolute atomic E-state index is 10.6. The largest absolute Gasteiger partial charge is 0.481 e. The molecule has 0 bridgehead atoms. The molecule has 1 aromatic carbocycles. The van der Waals surface area contributed by atoms with Crippen molar-refractivity contribution >= 4 is 17.0 Å². The van der Waals surface area contributed by atoms with Crippen LogP contribution in [0.25, 0.3) is 11.0 Å². The van der Waals surface area contributed by atoms with Crippen molar-refractivity contribution in [1.29, 1.82) is 0 Å². The van der Waals surface area contributed by atoms with E-state index in [1.54, 1.807) is 0 Å². The molecule has 0 spiro atoms. The van der Waals surface area contributed by atoms with Crippen LogP contribution in [0.5, 0.6) is 0 Å². The zero-order valence-corrected chi connectivity index (χ0v) is 13.0. The van der Waals surface area contributed by atoms with Gasteiger partial charge >= 0.3 is 5.97 Å². The van der Waals surface area contributed by atoms with E-state index < -0.39 is 5.97 Å². The molecule has 1 aliphatic heterocycles. The fourth-order valence-electron chi connectivity index (χ4n) is 3.44. The number of imidazole rings is 1. The second-order valence-corrected chi connectivity index (χ2v) is 6.06. The van der Waals surface area contributed by atoms with Gasteiger partial charge in [-0.2, -0.15) is 0 Å². The minimum Gasteiger partial charge on any atom is -0.481 e. The van der Waals surface area contributed by atoms with E-state index in [9.17, 15) is 4.79 Å². The third-order valence-corrected chi connectivity index (χ3v) is 4.57. The molecule has 5 heteroatoms. The van der Waals surface area contributed by atoms with Crippen LogP contribution in [0.4, 0.5) is 0 Å². The highest BCUT2D eigenvalue weighted by Gasteiger charge is 2.29. The van der Waals surface area contributed by atoms with Gasteiger partial charge in [0, 0.05) is 13.5 Å². The highest BCUT2D eigenvalue weighted by Crippen LogP contribution is 2.32. The molecule has 5 nitrogen and oxygen atoms in total. The van der Waals surface area contributed by atoms with Crippen LogP contribution < -0.4 is 0 Å². The Kier molecular flexibility index (Phi) is 4.43. The van der Waals surface area contributed by atoms with Gasteiger partial charge in [-0.25, -0.2) is 4.98 Å². The SMILES string of the molecule is Cn1c(C2CCCN2CCCCC(=O)O)nc2ccccc21. The lowest BCUT2D eigenvalue weighted by Crippen LogP contribution is -2.26. The number of aliphatic carboxylic acids is 1. The third kappa shape index (κ3) is 2.99. The summed E-state index contributed by atoms with van der Waals surface area (Å²) >= 11 is 0. The number of fused-ring (bicyclic) bond motifs is 1. The number of benzene rings is 1. The molecule has 118 valence electrons. The zero-order chi connectivity index (χ0) is 15.5. The van der Waals surface area contributed by atoms with E-state index in [0.29, 0.717) is 6.04 Å². The summed E-state index contributed by atoms with van der Waals surface area (Å²) in [6, 6.07) is 8.61. The Balaban J connectivity index is 1.71. The number of aromatic nitrogens is 2. The molecular weight excluding hydrogens is 278 g/mol. The van der Waals surface area contributed by atoms with E-state index in [-0.39, 0.29) is 6.42 Å². The van der Waals surface area contributed by atoms with E-state index in [1.807, 2.05) is 12.1 Å². The van der Waals surface area contributed by atoms with Crippen LogP contribution in [-0.4, -0.2) is 38.6 Å². The molecule has 1 atom stereocenters. The summed E-state index contributed by atoms with van der Waals surface area (Å²) in [5.41, 5.74) is 2.23. The molecule has 1 aliphatic rings. The van der Waals surface area contributed by atoms with Gasteiger partial charge in [-0.05, 0) is 50.9 Å². The first-order valence-corrected chi connectivity index (χ1v) is 8.04. The predicted molar refractivity (Wildman–Crippen MR) is 85.7 cm³/mol. The first-order chi connectivity index (χ1) is 10.7. The number of hydrogen-bond acceptors (Lipinski definition) is 3. The third-order valence-electron chi connectivity index (χ3n) is 4.57. The fourth-order valence-corrected chi connectivity index (χ4v) is 3.44.